The quantitative estimate of drug-likeness (QED) is 0.750. The molecule has 0 aliphatic rings. The van der Waals surface area contributed by atoms with Crippen molar-refractivity contribution in [2.75, 3.05) is 6.61 Å². The van der Waals surface area contributed by atoms with Gasteiger partial charge in [0, 0.05) is 6.42 Å². The lowest BCUT2D eigenvalue weighted by atomic mass is 10.0. The Morgan fingerprint density at radius 1 is 1.35 bits per heavy atom. The first kappa shape index (κ1) is 13.8. The molecule has 2 nitrogen and oxygen atoms in total. The normalized spacial score (nSPS) is 12.2. The van der Waals surface area contributed by atoms with Gasteiger partial charge in [-0.3, -0.25) is 0 Å². The van der Waals surface area contributed by atoms with Gasteiger partial charge in [-0.25, -0.2) is 0 Å². The topological polar surface area (TPSA) is 26.3 Å². The number of rotatable bonds is 6. The van der Waals surface area contributed by atoms with Crippen molar-refractivity contribution in [1.82, 2.24) is 0 Å². The van der Waals surface area contributed by atoms with E-state index in [0.29, 0.717) is 18.9 Å². The van der Waals surface area contributed by atoms with E-state index in [1.54, 1.807) is 6.92 Å². The Kier molecular flexibility index (Phi) is 5.20. The number of benzene rings is 1. The Labute approximate surface area is 104 Å². The summed E-state index contributed by atoms with van der Waals surface area (Å²) in [5.74, 6) is 1.60. The molecule has 0 N–H and O–H groups in total. The largest absolute Gasteiger partial charge is 0.493 e. The van der Waals surface area contributed by atoms with E-state index < -0.39 is 0 Å². The highest BCUT2D eigenvalue weighted by molar-refractivity contribution is 5.75. The van der Waals surface area contributed by atoms with E-state index in [2.05, 4.69) is 32.9 Å². The minimum Gasteiger partial charge on any atom is -0.493 e. The van der Waals surface area contributed by atoms with Gasteiger partial charge in [0.15, 0.2) is 0 Å². The van der Waals surface area contributed by atoms with Gasteiger partial charge in [-0.05, 0) is 44.7 Å². The number of ether oxygens (including phenoxy) is 1. The van der Waals surface area contributed by atoms with Crippen molar-refractivity contribution >= 4 is 5.78 Å². The summed E-state index contributed by atoms with van der Waals surface area (Å²) in [4.78, 5) is 10.9. The third kappa shape index (κ3) is 5.03. The van der Waals surface area contributed by atoms with Crippen LogP contribution in [-0.2, 0) is 4.79 Å². The molecule has 0 bridgehead atoms. The van der Waals surface area contributed by atoms with E-state index in [9.17, 15) is 4.79 Å². The van der Waals surface area contributed by atoms with Crippen molar-refractivity contribution in [3.63, 3.8) is 0 Å². The van der Waals surface area contributed by atoms with Crippen LogP contribution in [0.4, 0.5) is 0 Å². The third-order valence-electron chi connectivity index (χ3n) is 2.83. The van der Waals surface area contributed by atoms with Crippen molar-refractivity contribution < 1.29 is 9.53 Å². The Balaban J connectivity index is 2.38. The standard InChI is InChI=1S/C15H22O2/c1-11-5-6-15(13(3)9-11)17-8-7-12(2)10-14(4)16/h5-6,9,12H,7-8,10H2,1-4H3. The highest BCUT2D eigenvalue weighted by Crippen LogP contribution is 2.19. The van der Waals surface area contributed by atoms with Gasteiger partial charge < -0.3 is 9.53 Å². The molecule has 0 aliphatic carbocycles. The summed E-state index contributed by atoms with van der Waals surface area (Å²) in [6.07, 6.45) is 1.57. The molecule has 0 aromatic heterocycles. The van der Waals surface area contributed by atoms with Crippen LogP contribution >= 0.6 is 0 Å². The zero-order valence-corrected chi connectivity index (χ0v) is 11.2. The summed E-state index contributed by atoms with van der Waals surface area (Å²) in [6, 6.07) is 6.19. The molecule has 0 spiro atoms. The van der Waals surface area contributed by atoms with Gasteiger partial charge in [0.1, 0.15) is 11.5 Å². The van der Waals surface area contributed by atoms with Gasteiger partial charge in [-0.1, -0.05) is 24.6 Å². The number of ketones is 1. The maximum atomic E-state index is 10.9. The van der Waals surface area contributed by atoms with Gasteiger partial charge >= 0.3 is 0 Å². The van der Waals surface area contributed by atoms with E-state index in [4.69, 9.17) is 4.74 Å². The average Bonchev–Trinajstić information content (AvgIpc) is 2.20. The summed E-state index contributed by atoms with van der Waals surface area (Å²) in [5, 5.41) is 0. The molecule has 0 radical (unpaired) electrons. The van der Waals surface area contributed by atoms with Gasteiger partial charge in [0.05, 0.1) is 6.61 Å². The highest BCUT2D eigenvalue weighted by Gasteiger charge is 2.06. The number of carbonyl (C=O) groups is 1. The lowest BCUT2D eigenvalue weighted by molar-refractivity contribution is -0.117. The Hall–Kier alpha value is -1.31. The van der Waals surface area contributed by atoms with Crippen LogP contribution in [0.2, 0.25) is 0 Å². The van der Waals surface area contributed by atoms with Crippen LogP contribution in [0.25, 0.3) is 0 Å². The first-order valence-corrected chi connectivity index (χ1v) is 6.18. The number of hydrogen-bond acceptors (Lipinski definition) is 2. The van der Waals surface area contributed by atoms with Crippen LogP contribution < -0.4 is 4.74 Å². The lowest BCUT2D eigenvalue weighted by Crippen LogP contribution is -2.08. The fraction of sp³-hybridized carbons (Fsp3) is 0.533. The summed E-state index contributed by atoms with van der Waals surface area (Å²) < 4.78 is 5.73. The molecular formula is C15H22O2. The van der Waals surface area contributed by atoms with Gasteiger partial charge in [-0.2, -0.15) is 0 Å². The predicted molar refractivity (Wildman–Crippen MR) is 70.5 cm³/mol. The molecule has 1 aromatic rings. The van der Waals surface area contributed by atoms with Gasteiger partial charge in [0.2, 0.25) is 0 Å². The monoisotopic (exact) mass is 234 g/mol. The number of carbonyl (C=O) groups excluding carboxylic acids is 1. The Morgan fingerprint density at radius 2 is 2.06 bits per heavy atom. The average molecular weight is 234 g/mol. The third-order valence-corrected chi connectivity index (χ3v) is 2.83. The molecule has 1 unspecified atom stereocenters. The number of hydrogen-bond donors (Lipinski definition) is 0. The van der Waals surface area contributed by atoms with Crippen LogP contribution in [0, 0.1) is 19.8 Å². The molecule has 1 rings (SSSR count). The van der Waals surface area contributed by atoms with Crippen LogP contribution in [0.1, 0.15) is 37.8 Å². The Morgan fingerprint density at radius 3 is 2.65 bits per heavy atom. The van der Waals surface area contributed by atoms with E-state index >= 15 is 0 Å². The summed E-state index contributed by atoms with van der Waals surface area (Å²) >= 11 is 0. The molecule has 0 fully saturated rings. The first-order valence-electron chi connectivity index (χ1n) is 6.18. The van der Waals surface area contributed by atoms with Crippen LogP contribution in [0.15, 0.2) is 18.2 Å². The second-order valence-electron chi connectivity index (χ2n) is 4.92. The van der Waals surface area contributed by atoms with Gasteiger partial charge in [0.25, 0.3) is 0 Å². The van der Waals surface area contributed by atoms with Crippen LogP contribution in [0.3, 0.4) is 0 Å². The van der Waals surface area contributed by atoms with Crippen LogP contribution in [0.5, 0.6) is 5.75 Å². The van der Waals surface area contributed by atoms with E-state index in [-0.39, 0.29) is 5.78 Å². The zero-order valence-electron chi connectivity index (χ0n) is 11.2. The summed E-state index contributed by atoms with van der Waals surface area (Å²) in [5.41, 5.74) is 2.42. The number of Topliss-reactive ketones (excluding diaryl/α,β-unsaturated/α-hetero) is 1. The molecule has 0 saturated heterocycles. The van der Waals surface area contributed by atoms with Crippen molar-refractivity contribution in [2.45, 2.75) is 40.5 Å². The fourth-order valence-electron chi connectivity index (χ4n) is 1.92. The molecule has 1 aromatic carbocycles. The van der Waals surface area contributed by atoms with Crippen molar-refractivity contribution in [3.8, 4) is 5.75 Å². The van der Waals surface area contributed by atoms with Crippen LogP contribution in [-0.4, -0.2) is 12.4 Å². The minimum absolute atomic E-state index is 0.254. The maximum Gasteiger partial charge on any atom is 0.130 e. The predicted octanol–water partition coefficient (Wildman–Crippen LogP) is 3.69. The van der Waals surface area contributed by atoms with Crippen molar-refractivity contribution in [1.29, 1.82) is 0 Å². The van der Waals surface area contributed by atoms with Crippen molar-refractivity contribution in [2.24, 2.45) is 5.92 Å². The molecule has 94 valence electrons. The highest BCUT2D eigenvalue weighted by atomic mass is 16.5. The molecule has 0 saturated carbocycles. The lowest BCUT2D eigenvalue weighted by Gasteiger charge is -2.12. The molecule has 17 heavy (non-hydrogen) atoms. The molecule has 0 amide bonds. The summed E-state index contributed by atoms with van der Waals surface area (Å²) in [6.45, 7) is 8.54. The molecule has 2 heteroatoms. The molecular weight excluding hydrogens is 212 g/mol. The van der Waals surface area contributed by atoms with Gasteiger partial charge in [-0.15, -0.1) is 0 Å². The smallest absolute Gasteiger partial charge is 0.130 e. The fourth-order valence-corrected chi connectivity index (χ4v) is 1.92. The molecule has 0 heterocycles. The summed E-state index contributed by atoms with van der Waals surface area (Å²) in [7, 11) is 0. The van der Waals surface area contributed by atoms with E-state index in [1.807, 2.05) is 6.07 Å². The minimum atomic E-state index is 0.254. The molecule has 0 aliphatic heterocycles. The number of aryl methyl sites for hydroxylation is 2. The Bertz CT molecular complexity index is 383. The SMILES string of the molecule is CC(=O)CC(C)CCOc1ccc(C)cc1C. The second-order valence-corrected chi connectivity index (χ2v) is 4.92. The first-order chi connectivity index (χ1) is 7.99. The second kappa shape index (κ2) is 6.43. The van der Waals surface area contributed by atoms with Crippen molar-refractivity contribution in [3.05, 3.63) is 29.3 Å². The van der Waals surface area contributed by atoms with E-state index in [0.717, 1.165) is 12.2 Å². The zero-order chi connectivity index (χ0) is 12.8. The van der Waals surface area contributed by atoms with E-state index in [1.165, 1.54) is 11.1 Å². The molecule has 1 atom stereocenters. The maximum absolute atomic E-state index is 10.9.